The fourth-order valence-corrected chi connectivity index (χ4v) is 4.72. The number of aryl methyl sites for hydroxylation is 1. The first-order valence-corrected chi connectivity index (χ1v) is 10.9. The molecule has 5 heteroatoms. The Morgan fingerprint density at radius 3 is 2.52 bits per heavy atom. The second-order valence-corrected chi connectivity index (χ2v) is 8.18. The van der Waals surface area contributed by atoms with E-state index in [0.717, 1.165) is 53.7 Å². The molecular formula is C26H26N4O. The van der Waals surface area contributed by atoms with Gasteiger partial charge in [-0.15, -0.1) is 0 Å². The van der Waals surface area contributed by atoms with Gasteiger partial charge in [-0.2, -0.15) is 5.10 Å². The van der Waals surface area contributed by atoms with Gasteiger partial charge in [-0.05, 0) is 48.9 Å². The van der Waals surface area contributed by atoms with Crippen LogP contribution in [0.4, 0.5) is 0 Å². The van der Waals surface area contributed by atoms with Gasteiger partial charge in [-0.1, -0.05) is 60.7 Å². The van der Waals surface area contributed by atoms with E-state index in [9.17, 15) is 4.79 Å². The number of benzene rings is 2. The number of pyridine rings is 1. The van der Waals surface area contributed by atoms with E-state index in [1.807, 2.05) is 54.3 Å². The fourth-order valence-electron chi connectivity index (χ4n) is 4.72. The van der Waals surface area contributed by atoms with E-state index in [1.54, 1.807) is 10.9 Å². The molecule has 2 aromatic heterocycles. The van der Waals surface area contributed by atoms with Crippen molar-refractivity contribution in [2.45, 2.75) is 38.8 Å². The van der Waals surface area contributed by atoms with Gasteiger partial charge in [0.1, 0.15) is 6.54 Å². The molecule has 5 rings (SSSR count). The summed E-state index contributed by atoms with van der Waals surface area (Å²) >= 11 is 0. The van der Waals surface area contributed by atoms with Crippen molar-refractivity contribution in [2.75, 3.05) is 6.54 Å². The average molecular weight is 411 g/mol. The van der Waals surface area contributed by atoms with E-state index in [1.165, 1.54) is 5.56 Å². The van der Waals surface area contributed by atoms with Gasteiger partial charge in [0.15, 0.2) is 5.65 Å². The quantitative estimate of drug-likeness (QED) is 0.467. The molecule has 0 spiro atoms. The first-order chi connectivity index (χ1) is 15.2. The molecule has 5 nitrogen and oxygen atoms in total. The summed E-state index contributed by atoms with van der Waals surface area (Å²) in [6.07, 6.45) is 5.00. The summed E-state index contributed by atoms with van der Waals surface area (Å²) < 4.78 is 1.77. The lowest BCUT2D eigenvalue weighted by molar-refractivity contribution is -0.135. The Morgan fingerprint density at radius 2 is 1.74 bits per heavy atom. The largest absolute Gasteiger partial charge is 0.334 e. The van der Waals surface area contributed by atoms with Crippen LogP contribution >= 0.6 is 0 Å². The minimum atomic E-state index is 0.102. The Labute approximate surface area is 182 Å². The van der Waals surface area contributed by atoms with E-state index in [-0.39, 0.29) is 18.5 Å². The van der Waals surface area contributed by atoms with Gasteiger partial charge in [0.25, 0.3) is 0 Å². The molecule has 1 aliphatic heterocycles. The predicted octanol–water partition coefficient (Wildman–Crippen LogP) is 5.16. The van der Waals surface area contributed by atoms with Gasteiger partial charge in [-0.25, -0.2) is 9.67 Å². The van der Waals surface area contributed by atoms with Gasteiger partial charge >= 0.3 is 0 Å². The van der Waals surface area contributed by atoms with E-state index < -0.39 is 0 Å². The zero-order valence-electron chi connectivity index (χ0n) is 17.7. The van der Waals surface area contributed by atoms with Gasteiger partial charge in [0.05, 0.1) is 11.7 Å². The zero-order chi connectivity index (χ0) is 21.2. The molecule has 1 aliphatic rings. The molecule has 1 atom stereocenters. The number of rotatable bonds is 4. The van der Waals surface area contributed by atoms with Gasteiger partial charge in [-0.3, -0.25) is 4.79 Å². The highest BCUT2D eigenvalue weighted by atomic mass is 16.2. The van der Waals surface area contributed by atoms with Crippen molar-refractivity contribution < 1.29 is 4.79 Å². The second kappa shape index (κ2) is 8.34. The molecule has 31 heavy (non-hydrogen) atoms. The maximum absolute atomic E-state index is 13.4. The lowest BCUT2D eigenvalue weighted by Gasteiger charge is -2.36. The number of carbonyl (C=O) groups excluding carboxylic acids is 1. The van der Waals surface area contributed by atoms with Crippen LogP contribution in [0.3, 0.4) is 0 Å². The van der Waals surface area contributed by atoms with Crippen LogP contribution in [-0.2, 0) is 11.3 Å². The molecule has 3 heterocycles. The first-order valence-electron chi connectivity index (χ1n) is 10.9. The molecule has 0 bridgehead atoms. The van der Waals surface area contributed by atoms with Crippen LogP contribution in [-0.4, -0.2) is 32.1 Å². The molecule has 0 radical (unpaired) electrons. The third kappa shape index (κ3) is 3.72. The number of hydrogen-bond acceptors (Lipinski definition) is 3. The first kappa shape index (κ1) is 19.5. The van der Waals surface area contributed by atoms with E-state index in [2.05, 4.69) is 29.2 Å². The Kier molecular flexibility index (Phi) is 5.24. The van der Waals surface area contributed by atoms with Crippen molar-refractivity contribution in [1.29, 1.82) is 0 Å². The van der Waals surface area contributed by atoms with Gasteiger partial charge in [0.2, 0.25) is 5.91 Å². The van der Waals surface area contributed by atoms with Crippen LogP contribution in [0.25, 0.3) is 22.2 Å². The number of aromatic nitrogens is 3. The maximum Gasteiger partial charge on any atom is 0.244 e. The number of carbonyl (C=O) groups is 1. The Balaban J connectivity index is 1.47. The molecule has 0 aliphatic carbocycles. The molecule has 1 unspecified atom stereocenters. The minimum Gasteiger partial charge on any atom is -0.334 e. The second-order valence-electron chi connectivity index (χ2n) is 8.18. The highest BCUT2D eigenvalue weighted by molar-refractivity contribution is 5.95. The Hall–Kier alpha value is -3.47. The van der Waals surface area contributed by atoms with E-state index in [0.29, 0.717) is 0 Å². The summed E-state index contributed by atoms with van der Waals surface area (Å²) in [6.45, 7) is 2.99. The summed E-state index contributed by atoms with van der Waals surface area (Å²) in [4.78, 5) is 20.0. The van der Waals surface area contributed by atoms with Gasteiger partial charge < -0.3 is 4.90 Å². The van der Waals surface area contributed by atoms with Crippen LogP contribution in [0.2, 0.25) is 0 Å². The van der Waals surface area contributed by atoms with Crippen molar-refractivity contribution in [3.8, 4) is 11.1 Å². The van der Waals surface area contributed by atoms with E-state index in [4.69, 9.17) is 5.10 Å². The number of amides is 1. The number of fused-ring (bicyclic) bond motifs is 1. The Bertz CT molecular complexity index is 1200. The molecule has 0 saturated carbocycles. The molecule has 0 N–H and O–H groups in total. The smallest absolute Gasteiger partial charge is 0.244 e. The van der Waals surface area contributed by atoms with Crippen LogP contribution in [0.1, 0.15) is 36.6 Å². The van der Waals surface area contributed by atoms with Crippen LogP contribution in [0.5, 0.6) is 0 Å². The molecule has 4 aromatic rings. The highest BCUT2D eigenvalue weighted by Crippen LogP contribution is 2.32. The molecule has 156 valence electrons. The van der Waals surface area contributed by atoms with Crippen LogP contribution in [0, 0.1) is 6.92 Å². The topological polar surface area (TPSA) is 51.0 Å². The normalized spacial score (nSPS) is 16.5. The van der Waals surface area contributed by atoms with Crippen molar-refractivity contribution >= 4 is 16.9 Å². The Morgan fingerprint density at radius 1 is 1.00 bits per heavy atom. The number of nitrogens with zero attached hydrogens (tertiary/aromatic N) is 4. The molecule has 1 amide bonds. The summed E-state index contributed by atoms with van der Waals surface area (Å²) in [5.41, 5.74) is 5.10. The predicted molar refractivity (Wildman–Crippen MR) is 122 cm³/mol. The van der Waals surface area contributed by atoms with Crippen molar-refractivity contribution in [2.24, 2.45) is 0 Å². The monoisotopic (exact) mass is 410 g/mol. The summed E-state index contributed by atoms with van der Waals surface area (Å²) in [6, 6.07) is 22.8. The van der Waals surface area contributed by atoms with Gasteiger partial charge in [0, 0.05) is 18.1 Å². The lowest BCUT2D eigenvalue weighted by Crippen LogP contribution is -2.40. The third-order valence-electron chi connectivity index (χ3n) is 6.19. The average Bonchev–Trinajstić information content (AvgIpc) is 3.15. The van der Waals surface area contributed by atoms with Crippen molar-refractivity contribution in [1.82, 2.24) is 19.7 Å². The lowest BCUT2D eigenvalue weighted by atomic mass is 9.95. The molecular weight excluding hydrogens is 384 g/mol. The SMILES string of the molecule is Cc1nn(CC(=O)N2CCCCC2c2ccccc2)c2nccc(-c3ccccc3)c12. The molecule has 2 aromatic carbocycles. The minimum absolute atomic E-state index is 0.102. The summed E-state index contributed by atoms with van der Waals surface area (Å²) in [5, 5.41) is 5.73. The number of piperidine rings is 1. The fraction of sp³-hybridized carbons (Fsp3) is 0.269. The number of likely N-dealkylation sites (tertiary alicyclic amines) is 1. The van der Waals surface area contributed by atoms with Crippen LogP contribution < -0.4 is 0 Å². The third-order valence-corrected chi connectivity index (χ3v) is 6.19. The standard InChI is InChI=1S/C26H26N4O/c1-19-25-22(20-10-4-2-5-11-20)15-16-27-26(25)30(28-19)18-24(31)29-17-9-8-14-23(29)21-12-6-3-7-13-21/h2-7,10-13,15-16,23H,8-9,14,17-18H2,1H3. The molecule has 1 saturated heterocycles. The number of hydrogen-bond donors (Lipinski definition) is 0. The summed E-state index contributed by atoms with van der Waals surface area (Å²) in [7, 11) is 0. The molecule has 1 fully saturated rings. The highest BCUT2D eigenvalue weighted by Gasteiger charge is 2.28. The maximum atomic E-state index is 13.4. The van der Waals surface area contributed by atoms with Crippen molar-refractivity contribution in [3.05, 3.63) is 84.2 Å². The zero-order valence-corrected chi connectivity index (χ0v) is 17.7. The van der Waals surface area contributed by atoms with E-state index >= 15 is 0 Å². The van der Waals surface area contributed by atoms with Crippen molar-refractivity contribution in [3.63, 3.8) is 0 Å². The summed E-state index contributed by atoms with van der Waals surface area (Å²) in [5.74, 6) is 0.102. The van der Waals surface area contributed by atoms with Crippen LogP contribution in [0.15, 0.2) is 72.9 Å².